The molecule has 130 valence electrons. The quantitative estimate of drug-likeness (QED) is 0.839. The maximum Gasteiger partial charge on any atom is 0.255 e. The van der Waals surface area contributed by atoms with Crippen molar-refractivity contribution in [1.82, 2.24) is 13.8 Å². The molecule has 2 heterocycles. The lowest BCUT2D eigenvalue weighted by Crippen LogP contribution is -2.50. The summed E-state index contributed by atoms with van der Waals surface area (Å²) in [6, 6.07) is 2.25. The van der Waals surface area contributed by atoms with Crippen molar-refractivity contribution in [3.8, 4) is 0 Å². The first-order valence-corrected chi connectivity index (χ1v) is 9.75. The van der Waals surface area contributed by atoms with Gasteiger partial charge in [-0.1, -0.05) is 0 Å². The van der Waals surface area contributed by atoms with Crippen molar-refractivity contribution in [2.24, 2.45) is 0 Å². The Hall–Kier alpha value is -1.34. The zero-order chi connectivity index (χ0) is 17.4. The van der Waals surface area contributed by atoms with E-state index in [1.165, 1.54) is 4.31 Å². The highest BCUT2D eigenvalue weighted by molar-refractivity contribution is 7.89. The van der Waals surface area contributed by atoms with E-state index in [1.807, 2.05) is 19.9 Å². The summed E-state index contributed by atoms with van der Waals surface area (Å²) in [5.41, 5.74) is 2.78. The van der Waals surface area contributed by atoms with Gasteiger partial charge in [-0.25, -0.2) is 8.42 Å². The van der Waals surface area contributed by atoms with E-state index in [2.05, 4.69) is 18.4 Å². The summed E-state index contributed by atoms with van der Waals surface area (Å²) in [7, 11) is -3.17. The number of aryl methyl sites for hydroxylation is 1. The average molecular weight is 341 g/mol. The molecule has 1 amide bonds. The lowest BCUT2D eigenvalue weighted by Gasteiger charge is -2.33. The Morgan fingerprint density at radius 3 is 2.17 bits per heavy atom. The molecule has 1 fully saturated rings. The highest BCUT2D eigenvalue weighted by Gasteiger charge is 2.29. The number of nitrogens with zero attached hydrogens (tertiary/aromatic N) is 3. The number of amides is 1. The van der Waals surface area contributed by atoms with Gasteiger partial charge < -0.3 is 9.47 Å². The van der Waals surface area contributed by atoms with Gasteiger partial charge in [-0.3, -0.25) is 4.79 Å². The van der Waals surface area contributed by atoms with Crippen LogP contribution in [0.5, 0.6) is 0 Å². The number of sulfonamides is 1. The van der Waals surface area contributed by atoms with E-state index in [9.17, 15) is 13.2 Å². The van der Waals surface area contributed by atoms with E-state index in [4.69, 9.17) is 0 Å². The Labute approximate surface area is 139 Å². The standard InChI is InChI=1S/C16H27N3O3S/c1-6-23(21,22)18-9-7-17(8-10-18)16(20)15-11-13(4)19(12(2)3)14(15)5/h11-12H,6-10H2,1-5H3. The van der Waals surface area contributed by atoms with Crippen LogP contribution in [0, 0.1) is 13.8 Å². The van der Waals surface area contributed by atoms with Crippen molar-refractivity contribution >= 4 is 15.9 Å². The first kappa shape index (κ1) is 18.0. The topological polar surface area (TPSA) is 62.6 Å². The molecule has 2 rings (SSSR count). The smallest absolute Gasteiger partial charge is 0.255 e. The predicted molar refractivity (Wildman–Crippen MR) is 91.2 cm³/mol. The van der Waals surface area contributed by atoms with Gasteiger partial charge in [0.1, 0.15) is 0 Å². The van der Waals surface area contributed by atoms with Gasteiger partial charge in [-0.15, -0.1) is 0 Å². The largest absolute Gasteiger partial charge is 0.346 e. The number of rotatable bonds is 4. The van der Waals surface area contributed by atoms with Crippen molar-refractivity contribution in [3.05, 3.63) is 23.0 Å². The Kier molecular flexibility index (Phi) is 5.20. The van der Waals surface area contributed by atoms with Crippen LogP contribution in [0.1, 0.15) is 48.6 Å². The summed E-state index contributed by atoms with van der Waals surface area (Å²) in [6.45, 7) is 11.5. The molecule has 1 aliphatic heterocycles. The summed E-state index contributed by atoms with van der Waals surface area (Å²) >= 11 is 0. The maximum absolute atomic E-state index is 12.8. The number of carbonyl (C=O) groups excluding carboxylic acids is 1. The molecule has 0 radical (unpaired) electrons. The number of carbonyl (C=O) groups is 1. The summed E-state index contributed by atoms with van der Waals surface area (Å²) in [6.07, 6.45) is 0. The molecule has 6 nitrogen and oxygen atoms in total. The van der Waals surface area contributed by atoms with Crippen LogP contribution in [0.4, 0.5) is 0 Å². The van der Waals surface area contributed by atoms with Gasteiger partial charge in [0.05, 0.1) is 11.3 Å². The predicted octanol–water partition coefficient (Wildman–Crippen LogP) is 1.79. The van der Waals surface area contributed by atoms with Gasteiger partial charge in [0.2, 0.25) is 10.0 Å². The second kappa shape index (κ2) is 6.65. The van der Waals surface area contributed by atoms with Crippen LogP contribution in [0.25, 0.3) is 0 Å². The average Bonchev–Trinajstić information content (AvgIpc) is 2.81. The fourth-order valence-electron chi connectivity index (χ4n) is 3.31. The molecule has 1 aromatic rings. The van der Waals surface area contributed by atoms with Gasteiger partial charge in [-0.05, 0) is 40.7 Å². The number of hydrogen-bond donors (Lipinski definition) is 0. The van der Waals surface area contributed by atoms with Crippen LogP contribution in [-0.4, -0.2) is 60.0 Å². The minimum absolute atomic E-state index is 0.00135. The fraction of sp³-hybridized carbons (Fsp3) is 0.688. The molecule has 0 aliphatic carbocycles. The first-order chi connectivity index (χ1) is 10.7. The van der Waals surface area contributed by atoms with Crippen LogP contribution in [-0.2, 0) is 10.0 Å². The summed E-state index contributed by atoms with van der Waals surface area (Å²) < 4.78 is 27.4. The second-order valence-corrected chi connectivity index (χ2v) is 8.60. The zero-order valence-electron chi connectivity index (χ0n) is 14.7. The minimum atomic E-state index is -3.17. The van der Waals surface area contributed by atoms with E-state index in [0.29, 0.717) is 32.2 Å². The van der Waals surface area contributed by atoms with Crippen molar-refractivity contribution in [2.75, 3.05) is 31.9 Å². The minimum Gasteiger partial charge on any atom is -0.346 e. The third kappa shape index (κ3) is 3.45. The third-order valence-corrected chi connectivity index (χ3v) is 6.40. The van der Waals surface area contributed by atoms with Crippen LogP contribution >= 0.6 is 0 Å². The number of aromatic nitrogens is 1. The maximum atomic E-state index is 12.8. The highest BCUT2D eigenvalue weighted by Crippen LogP contribution is 2.22. The number of hydrogen-bond acceptors (Lipinski definition) is 3. The molecule has 0 unspecified atom stereocenters. The molecule has 0 spiro atoms. The third-order valence-electron chi connectivity index (χ3n) is 4.52. The van der Waals surface area contributed by atoms with Crippen LogP contribution < -0.4 is 0 Å². The molecular weight excluding hydrogens is 314 g/mol. The molecule has 0 aromatic carbocycles. The molecule has 0 bridgehead atoms. The van der Waals surface area contributed by atoms with E-state index in [0.717, 1.165) is 17.0 Å². The highest BCUT2D eigenvalue weighted by atomic mass is 32.2. The molecule has 23 heavy (non-hydrogen) atoms. The molecular formula is C16H27N3O3S. The lowest BCUT2D eigenvalue weighted by molar-refractivity contribution is 0.0697. The summed E-state index contributed by atoms with van der Waals surface area (Å²) in [5.74, 6) is 0.106. The molecule has 1 aromatic heterocycles. The number of piperazine rings is 1. The fourth-order valence-corrected chi connectivity index (χ4v) is 4.40. The Morgan fingerprint density at radius 2 is 1.74 bits per heavy atom. The van der Waals surface area contributed by atoms with Crippen LogP contribution in [0.2, 0.25) is 0 Å². The van der Waals surface area contributed by atoms with Crippen LogP contribution in [0.15, 0.2) is 6.07 Å². The molecule has 1 aliphatic rings. The van der Waals surface area contributed by atoms with Crippen molar-refractivity contribution in [2.45, 2.75) is 40.7 Å². The van der Waals surface area contributed by atoms with Crippen molar-refractivity contribution < 1.29 is 13.2 Å². The van der Waals surface area contributed by atoms with E-state index in [-0.39, 0.29) is 11.7 Å². The zero-order valence-corrected chi connectivity index (χ0v) is 15.5. The monoisotopic (exact) mass is 341 g/mol. The normalized spacial score (nSPS) is 17.0. The molecule has 0 saturated carbocycles. The first-order valence-electron chi connectivity index (χ1n) is 8.14. The second-order valence-electron chi connectivity index (χ2n) is 6.34. The Bertz CT molecular complexity index is 684. The SMILES string of the molecule is CCS(=O)(=O)N1CCN(C(=O)c2cc(C)n(C(C)C)c2C)CC1. The van der Waals surface area contributed by atoms with E-state index >= 15 is 0 Å². The lowest BCUT2D eigenvalue weighted by atomic mass is 10.2. The van der Waals surface area contributed by atoms with Crippen molar-refractivity contribution in [1.29, 1.82) is 0 Å². The van der Waals surface area contributed by atoms with Crippen molar-refractivity contribution in [3.63, 3.8) is 0 Å². The Morgan fingerprint density at radius 1 is 1.17 bits per heavy atom. The van der Waals surface area contributed by atoms with Gasteiger partial charge in [0.15, 0.2) is 0 Å². The molecule has 7 heteroatoms. The van der Waals surface area contributed by atoms with Gasteiger partial charge in [0.25, 0.3) is 5.91 Å². The van der Waals surface area contributed by atoms with Gasteiger partial charge >= 0.3 is 0 Å². The summed E-state index contributed by atoms with van der Waals surface area (Å²) in [5, 5.41) is 0. The molecule has 0 N–H and O–H groups in total. The van der Waals surface area contributed by atoms with Crippen LogP contribution in [0.3, 0.4) is 0 Å². The molecule has 1 saturated heterocycles. The summed E-state index contributed by atoms with van der Waals surface area (Å²) in [4.78, 5) is 14.5. The molecule has 0 atom stereocenters. The van der Waals surface area contributed by atoms with Gasteiger partial charge in [0, 0.05) is 43.6 Å². The van der Waals surface area contributed by atoms with E-state index in [1.54, 1.807) is 11.8 Å². The van der Waals surface area contributed by atoms with Gasteiger partial charge in [-0.2, -0.15) is 4.31 Å². The van der Waals surface area contributed by atoms with E-state index < -0.39 is 10.0 Å². The Balaban J connectivity index is 2.14.